The number of sulfonamides is 1. The Morgan fingerprint density at radius 1 is 1.29 bits per heavy atom. The van der Waals surface area contributed by atoms with Crippen LogP contribution >= 0.6 is 0 Å². The molecule has 24 heavy (non-hydrogen) atoms. The van der Waals surface area contributed by atoms with Crippen molar-refractivity contribution in [2.24, 2.45) is 5.14 Å². The van der Waals surface area contributed by atoms with E-state index in [-0.39, 0.29) is 17.0 Å². The van der Waals surface area contributed by atoms with Crippen molar-refractivity contribution in [1.82, 2.24) is 9.55 Å². The average molecular weight is 350 g/mol. The van der Waals surface area contributed by atoms with E-state index in [0.29, 0.717) is 17.8 Å². The van der Waals surface area contributed by atoms with Crippen LogP contribution in [0.4, 0.5) is 5.69 Å². The molecule has 0 fully saturated rings. The number of carbonyl (C=O) groups excluding carboxylic acids is 1. The van der Waals surface area contributed by atoms with E-state index < -0.39 is 15.9 Å². The summed E-state index contributed by atoms with van der Waals surface area (Å²) in [6.07, 6.45) is 2.93. The van der Waals surface area contributed by atoms with Crippen LogP contribution in [0.5, 0.6) is 0 Å². The predicted molar refractivity (Wildman–Crippen MR) is 88.9 cm³/mol. The molecule has 1 aromatic carbocycles. The molecule has 8 nitrogen and oxygen atoms in total. The van der Waals surface area contributed by atoms with E-state index in [1.54, 1.807) is 0 Å². The number of rotatable bonds is 6. The maximum absolute atomic E-state index is 12.0. The van der Waals surface area contributed by atoms with Crippen molar-refractivity contribution < 1.29 is 13.2 Å². The number of hydrogen-bond donors (Lipinski definition) is 2. The van der Waals surface area contributed by atoms with E-state index in [1.807, 2.05) is 6.92 Å². The van der Waals surface area contributed by atoms with Gasteiger partial charge in [-0.15, -0.1) is 0 Å². The molecule has 0 aliphatic carbocycles. The van der Waals surface area contributed by atoms with Crippen molar-refractivity contribution >= 4 is 21.6 Å². The molecule has 0 saturated carbocycles. The molecule has 3 N–H and O–H groups in total. The molecule has 0 spiro atoms. The molecule has 1 aromatic heterocycles. The molecule has 9 heteroatoms. The standard InChI is InChI=1S/C15H18N4O4S/c1-2-3-12-8-15(21)19(10-17-12)9-14(20)18-11-4-6-13(7-5-11)24(16,22)23/h4-8,10H,2-3,9H2,1H3,(H,18,20)(H2,16,22,23). The van der Waals surface area contributed by atoms with Gasteiger partial charge >= 0.3 is 0 Å². The Bertz CT molecular complexity index is 888. The summed E-state index contributed by atoms with van der Waals surface area (Å²) in [5, 5.41) is 7.57. The van der Waals surface area contributed by atoms with Crippen LogP contribution in [-0.4, -0.2) is 23.9 Å². The van der Waals surface area contributed by atoms with Crippen LogP contribution in [0, 0.1) is 0 Å². The molecule has 0 aliphatic heterocycles. The lowest BCUT2D eigenvalue weighted by Gasteiger charge is -2.08. The van der Waals surface area contributed by atoms with E-state index in [2.05, 4.69) is 10.3 Å². The summed E-state index contributed by atoms with van der Waals surface area (Å²) >= 11 is 0. The lowest BCUT2D eigenvalue weighted by Crippen LogP contribution is -2.27. The maximum Gasteiger partial charge on any atom is 0.253 e. The van der Waals surface area contributed by atoms with Gasteiger partial charge in [0.2, 0.25) is 15.9 Å². The van der Waals surface area contributed by atoms with Crippen molar-refractivity contribution in [3.8, 4) is 0 Å². The first-order valence-corrected chi connectivity index (χ1v) is 8.82. The fraction of sp³-hybridized carbons (Fsp3) is 0.267. The van der Waals surface area contributed by atoms with Crippen molar-refractivity contribution in [3.63, 3.8) is 0 Å². The first-order valence-electron chi connectivity index (χ1n) is 7.27. The smallest absolute Gasteiger partial charge is 0.253 e. The number of hydrogen-bond acceptors (Lipinski definition) is 5. The number of nitrogens with two attached hydrogens (primary N) is 1. The third kappa shape index (κ3) is 4.74. The highest BCUT2D eigenvalue weighted by Gasteiger charge is 2.09. The predicted octanol–water partition coefficient (Wildman–Crippen LogP) is 0.482. The van der Waals surface area contributed by atoms with Crippen LogP contribution in [0.25, 0.3) is 0 Å². The number of benzene rings is 1. The number of anilines is 1. The Balaban J connectivity index is 2.04. The van der Waals surface area contributed by atoms with Crippen LogP contribution in [0.2, 0.25) is 0 Å². The zero-order valence-electron chi connectivity index (χ0n) is 13.1. The fourth-order valence-electron chi connectivity index (χ4n) is 2.06. The molecule has 0 bridgehead atoms. The van der Waals surface area contributed by atoms with Crippen LogP contribution in [0.3, 0.4) is 0 Å². The van der Waals surface area contributed by atoms with Gasteiger partial charge in [-0.2, -0.15) is 0 Å². The lowest BCUT2D eigenvalue weighted by molar-refractivity contribution is -0.116. The van der Waals surface area contributed by atoms with Gasteiger partial charge in [-0.1, -0.05) is 13.3 Å². The molecule has 0 aliphatic rings. The molecule has 0 unspecified atom stereocenters. The number of amides is 1. The summed E-state index contributed by atoms with van der Waals surface area (Å²) in [5.41, 5.74) is 0.793. The molecular weight excluding hydrogens is 332 g/mol. The van der Waals surface area contributed by atoms with Gasteiger partial charge in [0, 0.05) is 17.4 Å². The van der Waals surface area contributed by atoms with Crippen molar-refractivity contribution in [2.45, 2.75) is 31.2 Å². The van der Waals surface area contributed by atoms with Crippen molar-refractivity contribution in [3.05, 3.63) is 52.7 Å². The Morgan fingerprint density at radius 3 is 2.50 bits per heavy atom. The zero-order chi connectivity index (χ0) is 17.7. The quantitative estimate of drug-likeness (QED) is 0.784. The number of primary sulfonamides is 1. The van der Waals surface area contributed by atoms with Gasteiger partial charge in [0.05, 0.1) is 11.2 Å². The minimum atomic E-state index is -3.78. The summed E-state index contributed by atoms with van der Waals surface area (Å²) < 4.78 is 23.5. The highest BCUT2D eigenvalue weighted by Crippen LogP contribution is 2.12. The number of nitrogens with zero attached hydrogens (tertiary/aromatic N) is 2. The van der Waals surface area contributed by atoms with E-state index in [0.717, 1.165) is 6.42 Å². The number of carbonyl (C=O) groups is 1. The molecule has 1 amide bonds. The van der Waals surface area contributed by atoms with Gasteiger partial charge in [0.25, 0.3) is 5.56 Å². The second kappa shape index (κ2) is 7.37. The molecule has 1 heterocycles. The summed E-state index contributed by atoms with van der Waals surface area (Å²) in [6, 6.07) is 6.83. The molecule has 128 valence electrons. The summed E-state index contributed by atoms with van der Waals surface area (Å²) in [6.45, 7) is 1.80. The third-order valence-electron chi connectivity index (χ3n) is 3.22. The molecule has 2 rings (SSSR count). The highest BCUT2D eigenvalue weighted by atomic mass is 32.2. The number of aromatic nitrogens is 2. The second-order valence-corrected chi connectivity index (χ2v) is 6.78. The van der Waals surface area contributed by atoms with Crippen LogP contribution in [0.1, 0.15) is 19.0 Å². The lowest BCUT2D eigenvalue weighted by atomic mass is 10.2. The first-order chi connectivity index (χ1) is 11.3. The Hall–Kier alpha value is -2.52. The summed E-state index contributed by atoms with van der Waals surface area (Å²) in [4.78, 5) is 28.0. The van der Waals surface area contributed by atoms with E-state index >= 15 is 0 Å². The van der Waals surface area contributed by atoms with Crippen LogP contribution in [-0.2, 0) is 27.8 Å². The van der Waals surface area contributed by atoms with Crippen molar-refractivity contribution in [1.29, 1.82) is 0 Å². The highest BCUT2D eigenvalue weighted by molar-refractivity contribution is 7.89. The SMILES string of the molecule is CCCc1cc(=O)n(CC(=O)Nc2ccc(S(N)(=O)=O)cc2)cn1. The molecule has 2 aromatic rings. The molecule has 0 atom stereocenters. The monoisotopic (exact) mass is 350 g/mol. The largest absolute Gasteiger partial charge is 0.325 e. The Kier molecular flexibility index (Phi) is 5.47. The second-order valence-electron chi connectivity index (χ2n) is 5.21. The van der Waals surface area contributed by atoms with Gasteiger partial charge < -0.3 is 5.32 Å². The topological polar surface area (TPSA) is 124 Å². The summed E-state index contributed by atoms with van der Waals surface area (Å²) in [7, 11) is -3.78. The Labute approximate surface area is 139 Å². The van der Waals surface area contributed by atoms with Gasteiger partial charge in [0.1, 0.15) is 6.54 Å². The van der Waals surface area contributed by atoms with Gasteiger partial charge in [0.15, 0.2) is 0 Å². The van der Waals surface area contributed by atoms with E-state index in [1.165, 1.54) is 41.2 Å². The third-order valence-corrected chi connectivity index (χ3v) is 4.15. The molecular formula is C15H18N4O4S. The average Bonchev–Trinajstić information content (AvgIpc) is 2.50. The maximum atomic E-state index is 12.0. The van der Waals surface area contributed by atoms with Gasteiger partial charge in [-0.3, -0.25) is 14.2 Å². The van der Waals surface area contributed by atoms with Crippen molar-refractivity contribution in [2.75, 3.05) is 5.32 Å². The summed E-state index contributed by atoms with van der Waals surface area (Å²) in [5.74, 6) is -0.425. The minimum Gasteiger partial charge on any atom is -0.325 e. The normalized spacial score (nSPS) is 11.2. The number of aryl methyl sites for hydroxylation is 1. The number of nitrogens with one attached hydrogen (secondary N) is 1. The van der Waals surface area contributed by atoms with Crippen LogP contribution < -0.4 is 16.0 Å². The molecule has 0 saturated heterocycles. The first kappa shape index (κ1) is 17.8. The molecule has 0 radical (unpaired) electrons. The minimum absolute atomic E-state index is 0.0487. The zero-order valence-corrected chi connectivity index (χ0v) is 13.9. The van der Waals surface area contributed by atoms with E-state index in [9.17, 15) is 18.0 Å². The Morgan fingerprint density at radius 2 is 1.96 bits per heavy atom. The van der Waals surface area contributed by atoms with Gasteiger partial charge in [-0.25, -0.2) is 18.5 Å². The van der Waals surface area contributed by atoms with Gasteiger partial charge in [-0.05, 0) is 30.7 Å². The van der Waals surface area contributed by atoms with E-state index in [4.69, 9.17) is 5.14 Å². The fourth-order valence-corrected chi connectivity index (χ4v) is 2.57. The van der Waals surface area contributed by atoms with Crippen LogP contribution in [0.15, 0.2) is 46.3 Å².